The molecule has 2 aromatic carbocycles. The molecule has 6 heteroatoms. The molecule has 21 heavy (non-hydrogen) atoms. The van der Waals surface area contributed by atoms with Crippen LogP contribution in [0.3, 0.4) is 0 Å². The summed E-state index contributed by atoms with van der Waals surface area (Å²) in [5.41, 5.74) is 1.32. The van der Waals surface area contributed by atoms with Gasteiger partial charge in [0.15, 0.2) is 17.7 Å². The van der Waals surface area contributed by atoms with Gasteiger partial charge in [0.2, 0.25) is 0 Å². The number of hydrogen-bond donors (Lipinski definition) is 3. The summed E-state index contributed by atoms with van der Waals surface area (Å²) in [6.07, 6.45) is -0.887. The minimum absolute atomic E-state index is 0.122. The van der Waals surface area contributed by atoms with Crippen LogP contribution in [0.1, 0.15) is 22.1 Å². The number of benzene rings is 2. The third-order valence-corrected chi connectivity index (χ3v) is 3.45. The largest absolute Gasteiger partial charge is 0.504 e. The van der Waals surface area contributed by atoms with Gasteiger partial charge in [-0.15, -0.1) is 0 Å². The Morgan fingerprint density at radius 1 is 1.19 bits per heavy atom. The maximum atomic E-state index is 12.2. The summed E-state index contributed by atoms with van der Waals surface area (Å²) in [5, 5.41) is 23.9. The highest BCUT2D eigenvalue weighted by Gasteiger charge is 2.33. The summed E-state index contributed by atoms with van der Waals surface area (Å²) < 4.78 is 5.05. The number of ether oxygens (including phenoxy) is 1. The van der Waals surface area contributed by atoms with Gasteiger partial charge in [0, 0.05) is 11.3 Å². The van der Waals surface area contributed by atoms with Crippen molar-refractivity contribution in [3.05, 3.63) is 53.6 Å². The topological polar surface area (TPSA) is 82.0 Å². The highest BCUT2D eigenvalue weighted by Crippen LogP contribution is 2.39. The first-order valence-corrected chi connectivity index (χ1v) is 6.37. The number of aromatic hydroxyl groups is 1. The van der Waals surface area contributed by atoms with Gasteiger partial charge in [-0.25, -0.2) is 0 Å². The third kappa shape index (κ3) is 2.05. The SMILES string of the molecule is COc1cccc([C@@H]2Nc3ccccc3C(=O)N2O)c1O. The van der Waals surface area contributed by atoms with Gasteiger partial charge in [-0.1, -0.05) is 24.3 Å². The molecular weight excluding hydrogens is 272 g/mol. The van der Waals surface area contributed by atoms with E-state index in [1.807, 2.05) is 0 Å². The highest BCUT2D eigenvalue weighted by atomic mass is 16.5. The number of methoxy groups -OCH3 is 1. The van der Waals surface area contributed by atoms with Crippen molar-refractivity contribution < 1.29 is 19.8 Å². The van der Waals surface area contributed by atoms with Crippen LogP contribution >= 0.6 is 0 Å². The standard InChI is InChI=1S/C15H14N2O4/c1-21-12-8-4-6-10(13(12)18)14-16-11-7-3-2-5-9(11)15(19)17(14)20/h2-8,14,16,18,20H,1H3/t14-/m1/s1. The Hall–Kier alpha value is -2.73. The summed E-state index contributed by atoms with van der Waals surface area (Å²) in [6, 6.07) is 11.7. The zero-order valence-electron chi connectivity index (χ0n) is 11.3. The number of phenolic OH excluding ortho intramolecular Hbond substituents is 1. The molecule has 0 spiro atoms. The molecule has 2 aromatic rings. The molecule has 6 nitrogen and oxygen atoms in total. The minimum atomic E-state index is -0.887. The van der Waals surface area contributed by atoms with E-state index in [1.165, 1.54) is 7.11 Å². The number of para-hydroxylation sites is 2. The number of nitrogens with zero attached hydrogens (tertiary/aromatic N) is 1. The molecule has 1 amide bonds. The van der Waals surface area contributed by atoms with Crippen LogP contribution in [0.5, 0.6) is 11.5 Å². The summed E-state index contributed by atoms with van der Waals surface area (Å²) >= 11 is 0. The molecular formula is C15H14N2O4. The van der Waals surface area contributed by atoms with Crippen LogP contribution in [0, 0.1) is 0 Å². The fourth-order valence-electron chi connectivity index (χ4n) is 2.38. The second kappa shape index (κ2) is 4.99. The zero-order valence-corrected chi connectivity index (χ0v) is 11.3. The number of amides is 1. The van der Waals surface area contributed by atoms with Gasteiger partial charge >= 0.3 is 0 Å². The average molecular weight is 286 g/mol. The molecule has 0 aromatic heterocycles. The van der Waals surface area contributed by atoms with Crippen LogP contribution in [0.2, 0.25) is 0 Å². The Kier molecular flexibility index (Phi) is 3.15. The van der Waals surface area contributed by atoms with Crippen molar-refractivity contribution in [1.29, 1.82) is 0 Å². The lowest BCUT2D eigenvalue weighted by atomic mass is 10.0. The maximum absolute atomic E-state index is 12.2. The maximum Gasteiger partial charge on any atom is 0.281 e. The predicted octanol–water partition coefficient (Wildman–Crippen LogP) is 2.36. The Morgan fingerprint density at radius 2 is 1.95 bits per heavy atom. The normalized spacial score (nSPS) is 17.1. The first-order chi connectivity index (χ1) is 10.1. The molecule has 1 atom stereocenters. The smallest absolute Gasteiger partial charge is 0.281 e. The van der Waals surface area contributed by atoms with Crippen LogP contribution < -0.4 is 10.1 Å². The van der Waals surface area contributed by atoms with Gasteiger partial charge in [-0.05, 0) is 18.2 Å². The quantitative estimate of drug-likeness (QED) is 0.738. The number of hydrogen-bond acceptors (Lipinski definition) is 5. The molecule has 108 valence electrons. The van der Waals surface area contributed by atoms with Crippen molar-refractivity contribution in [3.8, 4) is 11.5 Å². The van der Waals surface area contributed by atoms with Crippen molar-refractivity contribution in [3.63, 3.8) is 0 Å². The van der Waals surface area contributed by atoms with Gasteiger partial charge in [0.25, 0.3) is 5.91 Å². The van der Waals surface area contributed by atoms with Crippen LogP contribution in [0.25, 0.3) is 0 Å². The molecule has 1 heterocycles. The lowest BCUT2D eigenvalue weighted by molar-refractivity contribution is -0.0855. The fraction of sp³-hybridized carbons (Fsp3) is 0.133. The number of rotatable bonds is 2. The summed E-state index contributed by atoms with van der Waals surface area (Å²) in [5.74, 6) is -0.380. The minimum Gasteiger partial charge on any atom is -0.504 e. The van der Waals surface area contributed by atoms with Crippen molar-refractivity contribution >= 4 is 11.6 Å². The zero-order chi connectivity index (χ0) is 15.0. The molecule has 0 radical (unpaired) electrons. The van der Waals surface area contributed by atoms with E-state index in [0.717, 1.165) is 0 Å². The van der Waals surface area contributed by atoms with Crippen molar-refractivity contribution in [2.45, 2.75) is 6.17 Å². The molecule has 1 aliphatic rings. The molecule has 0 aliphatic carbocycles. The van der Waals surface area contributed by atoms with Gasteiger partial charge in [0.1, 0.15) is 0 Å². The van der Waals surface area contributed by atoms with E-state index in [4.69, 9.17) is 4.74 Å². The molecule has 0 saturated heterocycles. The highest BCUT2D eigenvalue weighted by molar-refractivity contribution is 6.01. The second-order valence-corrected chi connectivity index (χ2v) is 4.64. The number of carbonyl (C=O) groups excluding carboxylic acids is 1. The number of anilines is 1. The Bertz CT molecular complexity index is 702. The van der Waals surface area contributed by atoms with E-state index < -0.39 is 12.1 Å². The summed E-state index contributed by atoms with van der Waals surface area (Å²) in [7, 11) is 1.43. The van der Waals surface area contributed by atoms with Gasteiger partial charge < -0.3 is 15.2 Å². The molecule has 0 unspecified atom stereocenters. The fourth-order valence-corrected chi connectivity index (χ4v) is 2.38. The summed E-state index contributed by atoms with van der Waals surface area (Å²) in [6.45, 7) is 0. The van der Waals surface area contributed by atoms with E-state index in [1.54, 1.807) is 42.5 Å². The number of phenols is 1. The molecule has 3 rings (SSSR count). The third-order valence-electron chi connectivity index (χ3n) is 3.45. The Labute approximate surface area is 121 Å². The molecule has 1 aliphatic heterocycles. The lowest BCUT2D eigenvalue weighted by Gasteiger charge is -2.33. The van der Waals surface area contributed by atoms with Gasteiger partial charge in [-0.3, -0.25) is 10.0 Å². The Morgan fingerprint density at radius 3 is 2.71 bits per heavy atom. The van der Waals surface area contributed by atoms with Crippen LogP contribution in [-0.2, 0) is 0 Å². The Balaban J connectivity index is 2.07. The van der Waals surface area contributed by atoms with E-state index in [-0.39, 0.29) is 11.5 Å². The van der Waals surface area contributed by atoms with Crippen LogP contribution in [-0.4, -0.2) is 28.4 Å². The van der Waals surface area contributed by atoms with Crippen molar-refractivity contribution in [1.82, 2.24) is 5.06 Å². The first-order valence-electron chi connectivity index (χ1n) is 6.37. The van der Waals surface area contributed by atoms with E-state index in [9.17, 15) is 15.1 Å². The molecule has 0 saturated carbocycles. The van der Waals surface area contributed by atoms with Crippen LogP contribution in [0.15, 0.2) is 42.5 Å². The number of fused-ring (bicyclic) bond motifs is 1. The average Bonchev–Trinajstić information content (AvgIpc) is 2.51. The van der Waals surface area contributed by atoms with E-state index in [2.05, 4.69) is 5.32 Å². The molecule has 0 bridgehead atoms. The van der Waals surface area contributed by atoms with Gasteiger partial charge in [-0.2, -0.15) is 5.06 Å². The number of carbonyl (C=O) groups is 1. The number of hydroxylamine groups is 2. The number of nitrogens with one attached hydrogen (secondary N) is 1. The van der Waals surface area contributed by atoms with Crippen molar-refractivity contribution in [2.24, 2.45) is 0 Å². The van der Waals surface area contributed by atoms with Crippen molar-refractivity contribution in [2.75, 3.05) is 12.4 Å². The molecule has 3 N–H and O–H groups in total. The monoisotopic (exact) mass is 286 g/mol. The lowest BCUT2D eigenvalue weighted by Crippen LogP contribution is -2.40. The first kappa shape index (κ1) is 13.3. The van der Waals surface area contributed by atoms with E-state index in [0.29, 0.717) is 21.9 Å². The second-order valence-electron chi connectivity index (χ2n) is 4.64. The molecule has 0 fully saturated rings. The van der Waals surface area contributed by atoms with E-state index >= 15 is 0 Å². The summed E-state index contributed by atoms with van der Waals surface area (Å²) in [4.78, 5) is 12.2. The predicted molar refractivity (Wildman–Crippen MR) is 75.4 cm³/mol. The van der Waals surface area contributed by atoms with Crippen LogP contribution in [0.4, 0.5) is 5.69 Å². The van der Waals surface area contributed by atoms with Gasteiger partial charge in [0.05, 0.1) is 12.7 Å².